The molecule has 0 radical (unpaired) electrons. The molecule has 2 aliphatic heterocycles. The number of likely N-dealkylation sites (tertiary alicyclic amines) is 1. The minimum absolute atomic E-state index is 0.232. The lowest BCUT2D eigenvalue weighted by Gasteiger charge is -2.38. The van der Waals surface area contributed by atoms with E-state index in [-0.39, 0.29) is 17.5 Å². The van der Waals surface area contributed by atoms with E-state index >= 15 is 0 Å². The summed E-state index contributed by atoms with van der Waals surface area (Å²) in [5.41, 5.74) is -0.361. The van der Waals surface area contributed by atoms with Crippen LogP contribution < -0.4 is 4.74 Å². The van der Waals surface area contributed by atoms with Crippen LogP contribution in [-0.2, 0) is 4.74 Å². The van der Waals surface area contributed by atoms with Gasteiger partial charge in [0.05, 0.1) is 6.54 Å². The number of amides is 1. The second-order valence-corrected chi connectivity index (χ2v) is 6.09. The molecule has 0 aromatic heterocycles. The van der Waals surface area contributed by atoms with Gasteiger partial charge in [0.25, 0.3) is 0 Å². The van der Waals surface area contributed by atoms with E-state index in [0.717, 1.165) is 32.5 Å². The van der Waals surface area contributed by atoms with Crippen molar-refractivity contribution < 1.29 is 18.7 Å². The van der Waals surface area contributed by atoms with E-state index in [1.807, 2.05) is 0 Å². The van der Waals surface area contributed by atoms with Gasteiger partial charge in [0.15, 0.2) is 0 Å². The van der Waals surface area contributed by atoms with E-state index in [4.69, 9.17) is 9.47 Å². The highest BCUT2D eigenvalue weighted by atomic mass is 19.1. The summed E-state index contributed by atoms with van der Waals surface area (Å²) in [6.45, 7) is 3.68. The Bertz CT molecular complexity index is 537. The Morgan fingerprint density at radius 3 is 2.77 bits per heavy atom. The zero-order chi connectivity index (χ0) is 15.6. The lowest BCUT2D eigenvalue weighted by Crippen LogP contribution is -2.51. The highest BCUT2D eigenvalue weighted by Crippen LogP contribution is 2.31. The van der Waals surface area contributed by atoms with Crippen LogP contribution >= 0.6 is 0 Å². The molecule has 1 aromatic rings. The van der Waals surface area contributed by atoms with Crippen LogP contribution in [0.15, 0.2) is 24.3 Å². The predicted molar refractivity (Wildman–Crippen MR) is 79.4 cm³/mol. The van der Waals surface area contributed by atoms with E-state index in [0.29, 0.717) is 18.9 Å². The van der Waals surface area contributed by atoms with Crippen LogP contribution in [0.25, 0.3) is 0 Å². The maximum absolute atomic E-state index is 12.8. The van der Waals surface area contributed by atoms with Gasteiger partial charge in [-0.15, -0.1) is 0 Å². The van der Waals surface area contributed by atoms with Crippen molar-refractivity contribution in [3.8, 4) is 5.75 Å². The monoisotopic (exact) mass is 308 g/mol. The number of rotatable bonds is 4. The van der Waals surface area contributed by atoms with E-state index < -0.39 is 0 Å². The number of ether oxygens (including phenoxy) is 2. The number of carbonyl (C=O) groups is 1. The molecule has 2 fully saturated rings. The highest BCUT2D eigenvalue weighted by molar-refractivity contribution is 5.70. The molecule has 0 bridgehead atoms. The fourth-order valence-electron chi connectivity index (χ4n) is 3.21. The second kappa shape index (κ2) is 6.12. The van der Waals surface area contributed by atoms with E-state index in [2.05, 4.69) is 4.90 Å². The van der Waals surface area contributed by atoms with Gasteiger partial charge >= 0.3 is 6.09 Å². The smallest absolute Gasteiger partial charge is 0.410 e. The molecule has 2 saturated heterocycles. The van der Waals surface area contributed by atoms with Crippen molar-refractivity contribution in [3.63, 3.8) is 0 Å². The third-order valence-electron chi connectivity index (χ3n) is 4.25. The minimum Gasteiger partial charge on any atom is -0.492 e. The van der Waals surface area contributed by atoms with Crippen LogP contribution in [0, 0.1) is 5.82 Å². The average molecular weight is 308 g/mol. The Kier molecular flexibility index (Phi) is 4.20. The molecule has 120 valence electrons. The zero-order valence-electron chi connectivity index (χ0n) is 12.8. The largest absolute Gasteiger partial charge is 0.492 e. The molecule has 22 heavy (non-hydrogen) atoms. The Morgan fingerprint density at radius 2 is 2.09 bits per heavy atom. The molecular weight excluding hydrogens is 287 g/mol. The van der Waals surface area contributed by atoms with Crippen LogP contribution in [0.2, 0.25) is 0 Å². The van der Waals surface area contributed by atoms with Gasteiger partial charge in [-0.1, -0.05) is 0 Å². The first-order valence-electron chi connectivity index (χ1n) is 7.61. The maximum Gasteiger partial charge on any atom is 0.410 e. The van der Waals surface area contributed by atoms with Crippen molar-refractivity contribution in [2.75, 3.05) is 39.8 Å². The molecule has 0 aliphatic carbocycles. The number of piperidine rings is 1. The minimum atomic E-state index is -0.361. The third kappa shape index (κ3) is 3.32. The Balaban J connectivity index is 1.49. The standard InChI is InChI=1S/C16H21FN2O3/c1-18-11-16(22-15(18)20)7-2-8-19(12-16)9-10-21-14-5-3-13(17)4-6-14/h3-6H,2,7-12H2,1H3. The first-order chi connectivity index (χ1) is 10.6. The summed E-state index contributed by atoms with van der Waals surface area (Å²) in [5, 5.41) is 0. The molecule has 1 unspecified atom stereocenters. The molecule has 0 saturated carbocycles. The first kappa shape index (κ1) is 15.1. The SMILES string of the molecule is CN1CC2(CCCN(CCOc3ccc(F)cc3)C2)OC1=O. The summed E-state index contributed by atoms with van der Waals surface area (Å²) < 4.78 is 24.0. The van der Waals surface area contributed by atoms with Crippen molar-refractivity contribution in [2.24, 2.45) is 0 Å². The summed E-state index contributed by atoms with van der Waals surface area (Å²) in [6.07, 6.45) is 1.69. The lowest BCUT2D eigenvalue weighted by molar-refractivity contribution is -0.0116. The topological polar surface area (TPSA) is 42.0 Å². The molecule has 3 rings (SSSR count). The van der Waals surface area contributed by atoms with Crippen LogP contribution in [0.4, 0.5) is 9.18 Å². The highest BCUT2D eigenvalue weighted by Gasteiger charge is 2.46. The van der Waals surface area contributed by atoms with Crippen molar-refractivity contribution in [1.29, 1.82) is 0 Å². The van der Waals surface area contributed by atoms with E-state index in [1.54, 1.807) is 24.1 Å². The van der Waals surface area contributed by atoms with Crippen molar-refractivity contribution in [2.45, 2.75) is 18.4 Å². The van der Waals surface area contributed by atoms with Gasteiger partial charge < -0.3 is 14.4 Å². The van der Waals surface area contributed by atoms with Gasteiger partial charge in [-0.25, -0.2) is 9.18 Å². The molecule has 1 aromatic carbocycles. The number of benzene rings is 1. The molecule has 1 atom stereocenters. The van der Waals surface area contributed by atoms with Crippen molar-refractivity contribution in [1.82, 2.24) is 9.80 Å². The number of nitrogens with zero attached hydrogens (tertiary/aromatic N) is 2. The number of carbonyl (C=O) groups excluding carboxylic acids is 1. The van der Waals surface area contributed by atoms with Crippen molar-refractivity contribution >= 4 is 6.09 Å². The second-order valence-electron chi connectivity index (χ2n) is 6.09. The van der Waals surface area contributed by atoms with Crippen LogP contribution in [0.5, 0.6) is 5.75 Å². The summed E-state index contributed by atoms with van der Waals surface area (Å²) in [4.78, 5) is 15.5. The van der Waals surface area contributed by atoms with Crippen LogP contribution in [0.3, 0.4) is 0 Å². The summed E-state index contributed by atoms with van der Waals surface area (Å²) in [5.74, 6) is 0.401. The van der Waals surface area contributed by atoms with E-state index in [1.165, 1.54) is 12.1 Å². The number of likely N-dealkylation sites (N-methyl/N-ethyl adjacent to an activating group) is 1. The van der Waals surface area contributed by atoms with Crippen LogP contribution in [-0.4, -0.2) is 61.3 Å². The van der Waals surface area contributed by atoms with Gasteiger partial charge in [0.2, 0.25) is 0 Å². The predicted octanol–water partition coefficient (Wildman–Crippen LogP) is 2.12. The molecule has 6 heteroatoms. The van der Waals surface area contributed by atoms with Gasteiger partial charge in [-0.05, 0) is 43.7 Å². The number of hydrogen-bond donors (Lipinski definition) is 0. The Labute approximate surface area is 129 Å². The molecule has 5 nitrogen and oxygen atoms in total. The van der Waals surface area contributed by atoms with Gasteiger partial charge in [-0.2, -0.15) is 0 Å². The normalized spacial score (nSPS) is 25.5. The molecule has 1 spiro atoms. The number of halogens is 1. The van der Waals surface area contributed by atoms with Gasteiger partial charge in [0, 0.05) is 20.1 Å². The summed E-state index contributed by atoms with van der Waals surface area (Å²) in [7, 11) is 1.77. The molecular formula is C16H21FN2O3. The van der Waals surface area contributed by atoms with Gasteiger partial charge in [-0.3, -0.25) is 4.90 Å². The molecule has 2 aliphatic rings. The number of hydrogen-bond acceptors (Lipinski definition) is 4. The summed E-state index contributed by atoms with van der Waals surface area (Å²) >= 11 is 0. The molecule has 2 heterocycles. The third-order valence-corrected chi connectivity index (χ3v) is 4.25. The average Bonchev–Trinajstić information content (AvgIpc) is 2.75. The zero-order valence-corrected chi connectivity index (χ0v) is 12.8. The Morgan fingerprint density at radius 1 is 1.32 bits per heavy atom. The molecule has 0 N–H and O–H groups in total. The fraction of sp³-hybridized carbons (Fsp3) is 0.562. The fourth-order valence-corrected chi connectivity index (χ4v) is 3.21. The maximum atomic E-state index is 12.8. The van der Waals surface area contributed by atoms with Crippen molar-refractivity contribution in [3.05, 3.63) is 30.1 Å². The Hall–Kier alpha value is -1.82. The molecule has 1 amide bonds. The quantitative estimate of drug-likeness (QED) is 0.854. The van der Waals surface area contributed by atoms with Crippen LogP contribution in [0.1, 0.15) is 12.8 Å². The first-order valence-corrected chi connectivity index (χ1v) is 7.61. The van der Waals surface area contributed by atoms with E-state index in [9.17, 15) is 9.18 Å². The van der Waals surface area contributed by atoms with Gasteiger partial charge in [0.1, 0.15) is 23.8 Å². The lowest BCUT2D eigenvalue weighted by atomic mass is 9.93. The summed E-state index contributed by atoms with van der Waals surface area (Å²) in [6, 6.07) is 6.03.